The first-order valence-corrected chi connectivity index (χ1v) is 15.9. The average molecular weight is 623 g/mol. The van der Waals surface area contributed by atoms with Crippen molar-refractivity contribution in [3.05, 3.63) is 70.6 Å². The molecule has 0 unspecified atom stereocenters. The molecule has 3 aromatic heterocycles. The van der Waals surface area contributed by atoms with E-state index in [1.807, 2.05) is 6.07 Å². The Hall–Kier alpha value is -4.33. The van der Waals surface area contributed by atoms with Crippen molar-refractivity contribution in [1.82, 2.24) is 15.3 Å². The van der Waals surface area contributed by atoms with Gasteiger partial charge in [0.05, 0.1) is 54.0 Å². The number of sulfonamides is 1. The van der Waals surface area contributed by atoms with Crippen molar-refractivity contribution < 1.29 is 31.5 Å². The zero-order valence-corrected chi connectivity index (χ0v) is 25.4. The molecular weight excluding hydrogens is 595 g/mol. The van der Waals surface area contributed by atoms with Crippen LogP contribution in [0, 0.1) is 5.82 Å². The maximum Gasteiger partial charge on any atom is 0.255 e. The zero-order valence-electron chi connectivity index (χ0n) is 23.7. The maximum atomic E-state index is 13.7. The number of hydrogen-bond acceptors (Lipinski definition) is 9. The lowest BCUT2D eigenvalue weighted by molar-refractivity contribution is 0.0964. The van der Waals surface area contributed by atoms with Crippen molar-refractivity contribution in [2.45, 2.75) is 13.0 Å². The van der Waals surface area contributed by atoms with Gasteiger partial charge in [0.2, 0.25) is 15.9 Å². The topological polar surface area (TPSA) is 124 Å². The third-order valence-corrected chi connectivity index (χ3v) is 9.58. The second kappa shape index (κ2) is 11.1. The van der Waals surface area contributed by atoms with Gasteiger partial charge in [0.1, 0.15) is 22.2 Å². The highest BCUT2D eigenvalue weighted by atomic mass is 32.2. The molecule has 1 aliphatic heterocycles. The summed E-state index contributed by atoms with van der Waals surface area (Å²) in [6, 6.07) is 10.7. The molecule has 1 N–H and O–H groups in total. The second-order valence-electron chi connectivity index (χ2n) is 9.96. The molecule has 0 spiro atoms. The molecule has 0 fully saturated rings. The van der Waals surface area contributed by atoms with E-state index in [4.69, 9.17) is 18.9 Å². The molecule has 0 aliphatic carbocycles. The molecule has 13 heteroatoms. The molecule has 2 aromatic carbocycles. The van der Waals surface area contributed by atoms with Gasteiger partial charge in [-0.05, 0) is 36.4 Å². The number of furan rings is 1. The number of ether oxygens (including phenoxy) is 2. The molecule has 10 nitrogen and oxygen atoms in total. The Morgan fingerprint density at radius 1 is 1.14 bits per heavy atom. The lowest BCUT2D eigenvalue weighted by Gasteiger charge is -2.21. The monoisotopic (exact) mass is 622 g/mol. The van der Waals surface area contributed by atoms with Crippen molar-refractivity contribution >= 4 is 43.9 Å². The van der Waals surface area contributed by atoms with Crippen LogP contribution in [0.2, 0.25) is 0 Å². The van der Waals surface area contributed by atoms with Crippen molar-refractivity contribution in [3.63, 3.8) is 0 Å². The number of nitrogens with one attached hydrogen (secondary N) is 1. The Bertz CT molecular complexity index is 1960. The molecule has 1 aliphatic rings. The molecule has 0 bridgehead atoms. The second-order valence-corrected chi connectivity index (χ2v) is 13.1. The van der Waals surface area contributed by atoms with Crippen molar-refractivity contribution in [2.75, 3.05) is 38.4 Å². The summed E-state index contributed by atoms with van der Waals surface area (Å²) in [6.07, 6.45) is 3.39. The van der Waals surface area contributed by atoms with E-state index in [2.05, 4.69) is 10.3 Å². The molecule has 5 aromatic rings. The van der Waals surface area contributed by atoms with Gasteiger partial charge in [0.15, 0.2) is 0 Å². The molecule has 222 valence electrons. The van der Waals surface area contributed by atoms with Gasteiger partial charge >= 0.3 is 0 Å². The standard InChI is InChI=1S/C30H27FN4O6S2/c1-32-28(36)26-20-12-19(17-11-21(29(39-3)33-14-17)30-34-22-9-10-40-15-25(22)42-30)23(35(2)43(4,37)38)13-24(20)41-27(26)16-5-7-18(31)8-6-16/h5-8,11-14H,9-10,15H2,1-4H3,(H,32,36). The highest BCUT2D eigenvalue weighted by molar-refractivity contribution is 7.92. The first-order chi connectivity index (χ1) is 20.6. The smallest absolute Gasteiger partial charge is 0.255 e. The normalized spacial score (nSPS) is 13.1. The quantitative estimate of drug-likeness (QED) is 0.261. The number of carbonyl (C=O) groups excluding carboxylic acids is 1. The number of anilines is 1. The molecular formula is C30H27FN4O6S2. The van der Waals surface area contributed by atoms with Gasteiger partial charge < -0.3 is 19.2 Å². The van der Waals surface area contributed by atoms with E-state index in [1.54, 1.807) is 18.3 Å². The van der Waals surface area contributed by atoms with Crippen LogP contribution in [0.4, 0.5) is 10.1 Å². The summed E-state index contributed by atoms with van der Waals surface area (Å²) in [5, 5.41) is 3.79. The van der Waals surface area contributed by atoms with Crippen LogP contribution in [0.15, 0.2) is 53.1 Å². The number of hydrogen-bond donors (Lipinski definition) is 1. The molecule has 43 heavy (non-hydrogen) atoms. The van der Waals surface area contributed by atoms with Crippen LogP contribution in [0.5, 0.6) is 5.88 Å². The number of methoxy groups -OCH3 is 1. The maximum absolute atomic E-state index is 13.7. The summed E-state index contributed by atoms with van der Waals surface area (Å²) < 4.78 is 57.7. The first kappa shape index (κ1) is 28.8. The Morgan fingerprint density at radius 2 is 1.91 bits per heavy atom. The van der Waals surface area contributed by atoms with Crippen molar-refractivity contribution in [3.8, 4) is 38.9 Å². The number of nitrogens with zero attached hydrogens (tertiary/aromatic N) is 3. The minimum atomic E-state index is -3.71. The van der Waals surface area contributed by atoms with Gasteiger partial charge in [0.25, 0.3) is 5.91 Å². The van der Waals surface area contributed by atoms with Crippen LogP contribution >= 0.6 is 11.3 Å². The predicted molar refractivity (Wildman–Crippen MR) is 162 cm³/mol. The molecule has 0 radical (unpaired) electrons. The average Bonchev–Trinajstić information content (AvgIpc) is 3.61. The summed E-state index contributed by atoms with van der Waals surface area (Å²) in [5.74, 6) is -0.263. The van der Waals surface area contributed by atoms with Gasteiger partial charge in [-0.3, -0.25) is 9.10 Å². The lowest BCUT2D eigenvalue weighted by Crippen LogP contribution is -2.25. The highest BCUT2D eigenvalue weighted by Gasteiger charge is 2.27. The molecule has 6 rings (SSSR count). The van der Waals surface area contributed by atoms with Crippen LogP contribution in [0.3, 0.4) is 0 Å². The summed E-state index contributed by atoms with van der Waals surface area (Å²) >= 11 is 1.49. The summed E-state index contributed by atoms with van der Waals surface area (Å²) in [7, 11) is 0.752. The van der Waals surface area contributed by atoms with Gasteiger partial charge in [-0.1, -0.05) is 0 Å². The summed E-state index contributed by atoms with van der Waals surface area (Å²) in [6.45, 7) is 1.09. The number of thiazole rings is 1. The van der Waals surface area contributed by atoms with E-state index in [0.717, 1.165) is 21.1 Å². The van der Waals surface area contributed by atoms with Gasteiger partial charge in [-0.15, -0.1) is 11.3 Å². The SMILES string of the molecule is CNC(=O)c1c(-c2ccc(F)cc2)oc2cc(N(C)S(C)(=O)=O)c(-c3cnc(OC)c(-c4nc5c(s4)COCC5)c3)cc12. The largest absolute Gasteiger partial charge is 0.480 e. The van der Waals surface area contributed by atoms with Gasteiger partial charge in [0, 0.05) is 54.9 Å². The minimum absolute atomic E-state index is 0.226. The van der Waals surface area contributed by atoms with E-state index < -0.39 is 21.7 Å². The Labute approximate surface area is 251 Å². The van der Waals surface area contributed by atoms with E-state index in [9.17, 15) is 17.6 Å². The molecule has 4 heterocycles. The number of aromatic nitrogens is 2. The zero-order chi connectivity index (χ0) is 30.5. The highest BCUT2D eigenvalue weighted by Crippen LogP contribution is 2.43. The predicted octanol–water partition coefficient (Wildman–Crippen LogP) is 5.26. The van der Waals surface area contributed by atoms with Crippen molar-refractivity contribution in [2.24, 2.45) is 0 Å². The lowest BCUT2D eigenvalue weighted by atomic mass is 9.98. The Balaban J connectivity index is 1.61. The number of pyridine rings is 1. The first-order valence-electron chi connectivity index (χ1n) is 13.2. The fourth-order valence-corrected chi connectivity index (χ4v) is 6.57. The van der Waals surface area contributed by atoms with Crippen LogP contribution in [-0.2, 0) is 27.8 Å². The summed E-state index contributed by atoms with van der Waals surface area (Å²) in [4.78, 5) is 23.6. The van der Waals surface area contributed by atoms with E-state index in [-0.39, 0.29) is 16.9 Å². The molecule has 1 amide bonds. The number of fused-ring (bicyclic) bond motifs is 2. The molecule has 0 saturated carbocycles. The van der Waals surface area contributed by atoms with E-state index in [0.29, 0.717) is 63.8 Å². The Kier molecular flexibility index (Phi) is 7.40. The van der Waals surface area contributed by atoms with Crippen LogP contribution < -0.4 is 14.4 Å². The van der Waals surface area contributed by atoms with Crippen LogP contribution in [-0.4, -0.2) is 58.4 Å². The van der Waals surface area contributed by atoms with E-state index in [1.165, 1.54) is 56.8 Å². The minimum Gasteiger partial charge on any atom is -0.480 e. The van der Waals surface area contributed by atoms with Crippen LogP contribution in [0.25, 0.3) is 44.0 Å². The van der Waals surface area contributed by atoms with Gasteiger partial charge in [-0.2, -0.15) is 0 Å². The fourth-order valence-electron chi connectivity index (χ4n) is 5.01. The van der Waals surface area contributed by atoms with Gasteiger partial charge in [-0.25, -0.2) is 22.8 Å². The third-order valence-electron chi connectivity index (χ3n) is 7.28. The fraction of sp³-hybridized carbons (Fsp3) is 0.233. The number of benzene rings is 2. The summed E-state index contributed by atoms with van der Waals surface area (Å²) in [5.41, 5.74) is 3.97. The van der Waals surface area contributed by atoms with Crippen LogP contribution in [0.1, 0.15) is 20.9 Å². The third kappa shape index (κ3) is 5.24. The molecule has 0 atom stereocenters. The van der Waals surface area contributed by atoms with E-state index >= 15 is 0 Å². The van der Waals surface area contributed by atoms with Crippen molar-refractivity contribution in [1.29, 1.82) is 0 Å². The number of rotatable bonds is 7. The molecule has 0 saturated heterocycles. The number of amides is 1. The Morgan fingerprint density at radius 3 is 2.58 bits per heavy atom. The number of halogens is 1. The number of carbonyl (C=O) groups is 1.